The molecular formula is C26H36N8O5S. The number of nitrogens with one attached hydrogen (secondary N) is 1. The molecule has 2 aromatic heterocycles. The van der Waals surface area contributed by atoms with Crippen molar-refractivity contribution in [3.05, 3.63) is 62.3 Å². The highest BCUT2D eigenvalue weighted by molar-refractivity contribution is 7.90. The molecule has 0 bridgehead atoms. The number of piperidine rings is 1. The third kappa shape index (κ3) is 5.88. The Morgan fingerprint density at radius 1 is 1.23 bits per heavy atom. The number of aromatic nitrogens is 4. The van der Waals surface area contributed by atoms with Gasteiger partial charge in [0.1, 0.15) is 0 Å². The highest BCUT2D eigenvalue weighted by Gasteiger charge is 2.26. The third-order valence-corrected chi connectivity index (χ3v) is 8.30. The number of aryl methyl sites for hydroxylation is 1. The molecule has 14 heteroatoms. The third-order valence-electron chi connectivity index (χ3n) is 6.85. The molecule has 1 saturated heterocycles. The molecular weight excluding hydrogens is 536 g/mol. The van der Waals surface area contributed by atoms with E-state index >= 15 is 0 Å². The molecule has 1 atom stereocenters. The molecule has 4 rings (SSSR count). The molecule has 3 heterocycles. The molecule has 0 saturated carbocycles. The summed E-state index contributed by atoms with van der Waals surface area (Å²) in [6.07, 6.45) is 3.75. The number of rotatable bonds is 9. The first kappa shape index (κ1) is 29.2. The number of hydrogen-bond donors (Lipinski definition) is 2. The summed E-state index contributed by atoms with van der Waals surface area (Å²) in [5, 5.41) is 0. The van der Waals surface area contributed by atoms with Crippen LogP contribution in [-0.2, 0) is 30.3 Å². The van der Waals surface area contributed by atoms with E-state index in [9.17, 15) is 22.8 Å². The molecule has 1 fully saturated rings. The van der Waals surface area contributed by atoms with Gasteiger partial charge in [-0.15, -0.1) is 0 Å². The number of carbonyl (C=O) groups excluding carboxylic acids is 1. The van der Waals surface area contributed by atoms with Gasteiger partial charge in [-0.1, -0.05) is 23.8 Å². The maximum Gasteiger partial charge on any atom is 0.332 e. The van der Waals surface area contributed by atoms with Gasteiger partial charge in [0.15, 0.2) is 16.9 Å². The van der Waals surface area contributed by atoms with Crippen LogP contribution in [0, 0.1) is 0 Å². The fourth-order valence-corrected chi connectivity index (χ4v) is 5.22. The summed E-state index contributed by atoms with van der Waals surface area (Å²) in [7, 11) is 0.490. The molecule has 40 heavy (non-hydrogen) atoms. The molecule has 3 aromatic rings. The van der Waals surface area contributed by atoms with Crippen LogP contribution in [0.25, 0.3) is 11.2 Å². The molecule has 13 nitrogen and oxygen atoms in total. The summed E-state index contributed by atoms with van der Waals surface area (Å²) < 4.78 is 31.7. The number of anilines is 2. The van der Waals surface area contributed by atoms with Gasteiger partial charge in [0.2, 0.25) is 5.95 Å². The summed E-state index contributed by atoms with van der Waals surface area (Å²) >= 11 is 0. The van der Waals surface area contributed by atoms with Crippen molar-refractivity contribution in [2.24, 2.45) is 12.8 Å². The van der Waals surface area contributed by atoms with Crippen LogP contribution < -0.4 is 26.6 Å². The van der Waals surface area contributed by atoms with Gasteiger partial charge >= 0.3 is 15.9 Å². The van der Waals surface area contributed by atoms with Crippen LogP contribution in [0.1, 0.15) is 37.0 Å². The molecule has 3 N–H and O–H groups in total. The smallest absolute Gasteiger partial charge is 0.332 e. The Kier molecular flexibility index (Phi) is 8.33. The van der Waals surface area contributed by atoms with Crippen molar-refractivity contribution in [3.8, 4) is 0 Å². The lowest BCUT2D eigenvalue weighted by Gasteiger charge is -2.31. The molecule has 1 aliphatic heterocycles. The van der Waals surface area contributed by atoms with Crippen LogP contribution >= 0.6 is 0 Å². The van der Waals surface area contributed by atoms with Crippen molar-refractivity contribution in [3.63, 3.8) is 0 Å². The standard InChI is InChI=1S/C26H36N8O5S/c1-17(2)11-13-33-22-23(28-25(33)32-12-7-9-19(27)15-32)31(5)26(37)34(24(22)36)16-21(35)18-8-6-10-20(14-18)29-40(38,39)30(3)4/h6,8,10-11,14,19,29H,7,9,12-13,15-16,27H2,1-5H3. The fraction of sp³-hybridized carbons (Fsp3) is 0.462. The van der Waals surface area contributed by atoms with E-state index in [4.69, 9.17) is 10.7 Å². The average Bonchev–Trinajstić information content (AvgIpc) is 3.28. The number of hydrogen-bond acceptors (Lipinski definition) is 8. The number of nitrogens with two attached hydrogens (primary N) is 1. The molecule has 1 unspecified atom stereocenters. The molecule has 0 spiro atoms. The van der Waals surface area contributed by atoms with E-state index in [0.29, 0.717) is 19.0 Å². The maximum absolute atomic E-state index is 13.8. The summed E-state index contributed by atoms with van der Waals surface area (Å²) in [5.74, 6) is 0.0294. The van der Waals surface area contributed by atoms with Gasteiger partial charge in [0.05, 0.1) is 12.2 Å². The summed E-state index contributed by atoms with van der Waals surface area (Å²) in [4.78, 5) is 47.1. The van der Waals surface area contributed by atoms with E-state index in [1.54, 1.807) is 4.57 Å². The highest BCUT2D eigenvalue weighted by Crippen LogP contribution is 2.23. The molecule has 216 valence electrons. The number of benzene rings is 1. The van der Waals surface area contributed by atoms with E-state index in [0.717, 1.165) is 33.8 Å². The van der Waals surface area contributed by atoms with Crippen LogP contribution in [0.3, 0.4) is 0 Å². The minimum atomic E-state index is -3.79. The van der Waals surface area contributed by atoms with E-state index in [2.05, 4.69) is 4.72 Å². The maximum atomic E-state index is 13.8. The van der Waals surface area contributed by atoms with Gasteiger partial charge in [-0.3, -0.25) is 23.4 Å². The lowest BCUT2D eigenvalue weighted by Crippen LogP contribution is -2.44. The summed E-state index contributed by atoms with van der Waals surface area (Å²) in [5.41, 5.74) is 6.74. The monoisotopic (exact) mass is 572 g/mol. The zero-order chi connectivity index (χ0) is 29.4. The molecule has 0 aliphatic carbocycles. The van der Waals surface area contributed by atoms with Crippen molar-refractivity contribution in [1.29, 1.82) is 0 Å². The van der Waals surface area contributed by atoms with Gasteiger partial charge in [0.25, 0.3) is 5.56 Å². The van der Waals surface area contributed by atoms with Gasteiger partial charge in [-0.05, 0) is 38.8 Å². The molecule has 0 radical (unpaired) electrons. The molecule has 1 aliphatic rings. The van der Waals surface area contributed by atoms with Gasteiger partial charge in [0, 0.05) is 52.4 Å². The Balaban J connectivity index is 1.78. The summed E-state index contributed by atoms with van der Waals surface area (Å²) in [6, 6.07) is 5.87. The first-order chi connectivity index (χ1) is 18.8. The Morgan fingerprint density at radius 3 is 2.60 bits per heavy atom. The number of imidazole rings is 1. The zero-order valence-electron chi connectivity index (χ0n) is 23.4. The second-order valence-electron chi connectivity index (χ2n) is 10.5. The van der Waals surface area contributed by atoms with Gasteiger partial charge < -0.3 is 15.2 Å². The van der Waals surface area contributed by atoms with E-state index in [1.165, 1.54) is 50.0 Å². The predicted molar refractivity (Wildman–Crippen MR) is 155 cm³/mol. The number of ketones is 1. The Hall–Kier alpha value is -3.75. The van der Waals surface area contributed by atoms with Crippen molar-refractivity contribution in [2.45, 2.75) is 45.8 Å². The highest BCUT2D eigenvalue weighted by atomic mass is 32.2. The van der Waals surface area contributed by atoms with Gasteiger partial charge in [-0.25, -0.2) is 4.79 Å². The summed E-state index contributed by atoms with van der Waals surface area (Å²) in [6.45, 7) is 5.04. The average molecular weight is 573 g/mol. The first-order valence-corrected chi connectivity index (χ1v) is 14.4. The number of fused-ring (bicyclic) bond motifs is 1. The largest absolute Gasteiger partial charge is 0.341 e. The van der Waals surface area contributed by atoms with Crippen LogP contribution in [0.15, 0.2) is 45.5 Å². The minimum absolute atomic E-state index is 0.0264. The fourth-order valence-electron chi connectivity index (χ4n) is 4.61. The number of allylic oxidation sites excluding steroid dienone is 2. The number of carbonyl (C=O) groups is 1. The predicted octanol–water partition coefficient (Wildman–Crippen LogP) is 0.892. The van der Waals surface area contributed by atoms with Crippen molar-refractivity contribution >= 4 is 38.8 Å². The van der Waals surface area contributed by atoms with E-state index in [-0.39, 0.29) is 28.5 Å². The lowest BCUT2D eigenvalue weighted by molar-refractivity contribution is 0.0969. The Bertz CT molecular complexity index is 1700. The zero-order valence-corrected chi connectivity index (χ0v) is 24.2. The van der Waals surface area contributed by atoms with Crippen molar-refractivity contribution < 1.29 is 13.2 Å². The lowest BCUT2D eigenvalue weighted by atomic mass is 10.1. The van der Waals surface area contributed by atoms with Crippen LogP contribution in [0.2, 0.25) is 0 Å². The normalized spacial score (nSPS) is 16.0. The Labute approximate surface area is 232 Å². The topological polar surface area (TPSA) is 158 Å². The van der Waals surface area contributed by atoms with E-state index in [1.807, 2.05) is 24.8 Å². The number of nitrogens with zero attached hydrogens (tertiary/aromatic N) is 6. The molecule has 1 aromatic carbocycles. The van der Waals surface area contributed by atoms with Crippen molar-refractivity contribution in [2.75, 3.05) is 36.8 Å². The quantitative estimate of drug-likeness (QED) is 0.283. The number of Topliss-reactive ketones (excluding diaryl/α,β-unsaturated/α-hetero) is 1. The Morgan fingerprint density at radius 2 is 1.95 bits per heavy atom. The van der Waals surface area contributed by atoms with Crippen LogP contribution in [0.4, 0.5) is 11.6 Å². The SMILES string of the molecule is CC(C)=CCn1c(N2CCCC(N)C2)nc2c1c(=O)n(CC(=O)c1cccc(NS(=O)(=O)N(C)C)c1)c(=O)n2C. The van der Waals surface area contributed by atoms with E-state index < -0.39 is 33.8 Å². The van der Waals surface area contributed by atoms with Gasteiger partial charge in [-0.2, -0.15) is 17.7 Å². The minimum Gasteiger partial charge on any atom is -0.341 e. The first-order valence-electron chi connectivity index (χ1n) is 13.0. The second kappa shape index (κ2) is 11.4. The second-order valence-corrected chi connectivity index (χ2v) is 12.3. The van der Waals surface area contributed by atoms with Crippen LogP contribution in [-0.4, -0.2) is 70.4 Å². The van der Waals surface area contributed by atoms with Crippen LogP contribution in [0.5, 0.6) is 0 Å². The van der Waals surface area contributed by atoms with Crippen molar-refractivity contribution in [1.82, 2.24) is 23.0 Å². The molecule has 0 amide bonds.